The number of fused-ring (bicyclic) bond motifs is 1. The minimum atomic E-state index is -0.461. The molecule has 0 N–H and O–H groups in total. The van der Waals surface area contributed by atoms with Gasteiger partial charge in [-0.25, -0.2) is 13.8 Å². The Labute approximate surface area is 126 Å². The summed E-state index contributed by atoms with van der Waals surface area (Å²) >= 11 is 0. The summed E-state index contributed by atoms with van der Waals surface area (Å²) in [7, 11) is 0. The first kappa shape index (κ1) is 14.3. The number of azo groups is 1. The Kier molecular flexibility index (Phi) is 3.66. The largest absolute Gasteiger partial charge is 0.280 e. The van der Waals surface area contributed by atoms with Crippen LogP contribution in [0.1, 0.15) is 25.5 Å². The third-order valence-corrected chi connectivity index (χ3v) is 3.23. The Morgan fingerprint density at radius 1 is 1.05 bits per heavy atom. The van der Waals surface area contributed by atoms with Crippen molar-refractivity contribution in [3.05, 3.63) is 59.9 Å². The molecule has 112 valence electrons. The van der Waals surface area contributed by atoms with Gasteiger partial charge in [-0.1, -0.05) is 26.0 Å². The first-order valence-corrected chi connectivity index (χ1v) is 6.90. The van der Waals surface area contributed by atoms with Crippen LogP contribution in [0.3, 0.4) is 0 Å². The number of hydrogen-bond acceptors (Lipinski definition) is 3. The number of pyridine rings is 1. The van der Waals surface area contributed by atoms with Crippen molar-refractivity contribution in [1.29, 1.82) is 0 Å². The minimum absolute atomic E-state index is 0.0810. The fraction of sp³-hybridized carbons (Fsp3) is 0.188. The molecular formula is C16H14F2N4. The van der Waals surface area contributed by atoms with Crippen LogP contribution in [-0.4, -0.2) is 9.38 Å². The molecule has 0 spiro atoms. The van der Waals surface area contributed by atoms with Crippen LogP contribution >= 0.6 is 0 Å². The Hall–Kier alpha value is -2.63. The fourth-order valence-corrected chi connectivity index (χ4v) is 2.15. The van der Waals surface area contributed by atoms with Gasteiger partial charge in [-0.05, 0) is 30.2 Å². The maximum atomic E-state index is 13.6. The molecule has 0 saturated heterocycles. The zero-order valence-corrected chi connectivity index (χ0v) is 12.2. The van der Waals surface area contributed by atoms with Crippen LogP contribution in [-0.2, 0) is 0 Å². The number of hydrogen-bond donors (Lipinski definition) is 0. The lowest BCUT2D eigenvalue weighted by molar-refractivity contribution is 0.619. The molecule has 4 nitrogen and oxygen atoms in total. The van der Waals surface area contributed by atoms with Gasteiger partial charge < -0.3 is 0 Å². The summed E-state index contributed by atoms with van der Waals surface area (Å²) < 4.78 is 28.6. The molecule has 0 aliphatic rings. The van der Waals surface area contributed by atoms with Gasteiger partial charge in [0.2, 0.25) is 0 Å². The van der Waals surface area contributed by atoms with E-state index in [-0.39, 0.29) is 11.6 Å². The van der Waals surface area contributed by atoms with Gasteiger partial charge in [-0.3, -0.25) is 4.40 Å². The van der Waals surface area contributed by atoms with E-state index in [9.17, 15) is 8.78 Å². The van der Waals surface area contributed by atoms with Crippen LogP contribution in [0, 0.1) is 11.6 Å². The van der Waals surface area contributed by atoms with Gasteiger partial charge in [-0.2, -0.15) is 0 Å². The van der Waals surface area contributed by atoms with Crippen LogP contribution in [0.4, 0.5) is 20.3 Å². The first-order chi connectivity index (χ1) is 10.6. The average molecular weight is 300 g/mol. The lowest BCUT2D eigenvalue weighted by Gasteiger charge is -2.01. The Morgan fingerprint density at radius 2 is 1.82 bits per heavy atom. The molecule has 0 bridgehead atoms. The lowest BCUT2D eigenvalue weighted by atomic mass is 10.1. The van der Waals surface area contributed by atoms with Crippen molar-refractivity contribution in [2.45, 2.75) is 19.8 Å². The molecule has 0 fully saturated rings. The molecule has 22 heavy (non-hydrogen) atoms. The zero-order chi connectivity index (χ0) is 15.7. The van der Waals surface area contributed by atoms with Crippen LogP contribution in [0.25, 0.3) is 5.65 Å². The molecule has 0 amide bonds. The molecule has 0 atom stereocenters. The number of aromatic nitrogens is 2. The van der Waals surface area contributed by atoms with E-state index in [1.807, 2.05) is 13.8 Å². The van der Waals surface area contributed by atoms with Crippen molar-refractivity contribution in [2.24, 2.45) is 10.2 Å². The molecule has 2 heterocycles. The predicted molar refractivity (Wildman–Crippen MR) is 79.8 cm³/mol. The molecule has 3 rings (SSSR count). The van der Waals surface area contributed by atoms with E-state index < -0.39 is 11.6 Å². The summed E-state index contributed by atoms with van der Waals surface area (Å²) in [5.74, 6) is -0.370. The normalized spacial score (nSPS) is 11.9. The summed E-state index contributed by atoms with van der Waals surface area (Å²) in [4.78, 5) is 4.44. The summed E-state index contributed by atoms with van der Waals surface area (Å²) in [6.07, 6.45) is 1.30. The van der Waals surface area contributed by atoms with E-state index in [0.717, 1.165) is 0 Å². The highest BCUT2D eigenvalue weighted by atomic mass is 19.1. The number of rotatable bonds is 3. The van der Waals surface area contributed by atoms with Gasteiger partial charge in [0.1, 0.15) is 17.2 Å². The molecule has 0 unspecified atom stereocenters. The molecule has 1 aromatic carbocycles. The number of nitrogens with zero attached hydrogens (tertiary/aromatic N) is 4. The molecule has 0 aliphatic carbocycles. The second-order valence-corrected chi connectivity index (χ2v) is 5.20. The molecule has 0 saturated carbocycles. The van der Waals surface area contributed by atoms with E-state index >= 15 is 0 Å². The minimum Gasteiger partial charge on any atom is -0.280 e. The van der Waals surface area contributed by atoms with E-state index in [1.165, 1.54) is 28.8 Å². The number of benzene rings is 1. The van der Waals surface area contributed by atoms with Crippen molar-refractivity contribution in [3.8, 4) is 0 Å². The Morgan fingerprint density at radius 3 is 2.55 bits per heavy atom. The molecule has 6 heteroatoms. The second kappa shape index (κ2) is 5.63. The van der Waals surface area contributed by atoms with Crippen molar-refractivity contribution in [3.63, 3.8) is 0 Å². The highest BCUT2D eigenvalue weighted by molar-refractivity contribution is 5.53. The van der Waals surface area contributed by atoms with E-state index in [0.29, 0.717) is 17.2 Å². The average Bonchev–Trinajstić information content (AvgIpc) is 2.84. The third kappa shape index (κ3) is 2.59. The summed E-state index contributed by atoms with van der Waals surface area (Å²) in [6.45, 7) is 3.92. The fourth-order valence-electron chi connectivity index (χ4n) is 2.15. The highest BCUT2D eigenvalue weighted by Crippen LogP contribution is 2.30. The molecule has 2 aromatic heterocycles. The van der Waals surface area contributed by atoms with Crippen LogP contribution in [0.2, 0.25) is 0 Å². The van der Waals surface area contributed by atoms with Gasteiger partial charge in [-0.15, -0.1) is 10.2 Å². The molecular weight excluding hydrogens is 286 g/mol. The summed E-state index contributed by atoms with van der Waals surface area (Å²) in [5.41, 5.74) is 1.39. The van der Waals surface area contributed by atoms with Gasteiger partial charge in [0.25, 0.3) is 0 Å². The van der Waals surface area contributed by atoms with Gasteiger partial charge in [0, 0.05) is 6.20 Å². The molecule has 0 radical (unpaired) electrons. The van der Waals surface area contributed by atoms with Gasteiger partial charge >= 0.3 is 0 Å². The smallest absolute Gasteiger partial charge is 0.183 e. The maximum Gasteiger partial charge on any atom is 0.183 e. The quantitative estimate of drug-likeness (QED) is 0.617. The summed E-state index contributed by atoms with van der Waals surface area (Å²) in [6, 6.07) is 9.00. The lowest BCUT2D eigenvalue weighted by Crippen LogP contribution is -1.88. The zero-order valence-electron chi connectivity index (χ0n) is 12.2. The van der Waals surface area contributed by atoms with Crippen LogP contribution in [0.15, 0.2) is 52.8 Å². The number of imidazole rings is 1. The van der Waals surface area contributed by atoms with E-state index in [2.05, 4.69) is 15.2 Å². The van der Waals surface area contributed by atoms with Gasteiger partial charge in [0.15, 0.2) is 11.6 Å². The van der Waals surface area contributed by atoms with Crippen molar-refractivity contribution >= 4 is 17.2 Å². The summed E-state index contributed by atoms with van der Waals surface area (Å²) in [5, 5.41) is 8.04. The van der Waals surface area contributed by atoms with Crippen molar-refractivity contribution in [1.82, 2.24) is 9.38 Å². The molecule has 3 aromatic rings. The Balaban J connectivity index is 2.14. The monoisotopic (exact) mass is 300 g/mol. The highest BCUT2D eigenvalue weighted by Gasteiger charge is 2.15. The third-order valence-electron chi connectivity index (χ3n) is 3.23. The van der Waals surface area contributed by atoms with Gasteiger partial charge in [0.05, 0.1) is 5.69 Å². The van der Waals surface area contributed by atoms with Crippen molar-refractivity contribution < 1.29 is 8.78 Å². The van der Waals surface area contributed by atoms with Crippen molar-refractivity contribution in [2.75, 3.05) is 0 Å². The van der Waals surface area contributed by atoms with Crippen LogP contribution in [0.5, 0.6) is 0 Å². The second-order valence-electron chi connectivity index (χ2n) is 5.20. The first-order valence-electron chi connectivity index (χ1n) is 6.90. The number of halogens is 2. The Bertz CT molecular complexity index is 852. The maximum absolute atomic E-state index is 13.6. The van der Waals surface area contributed by atoms with E-state index in [1.54, 1.807) is 18.2 Å². The van der Waals surface area contributed by atoms with E-state index in [4.69, 9.17) is 0 Å². The standard InChI is InChI=1S/C16H14F2N4/c1-10(2)15-16(21-20-13-6-4-3-5-12(13)18)22-9-11(17)7-8-14(22)19-15/h3-10H,1-2H3. The molecule has 0 aliphatic heterocycles. The van der Waals surface area contributed by atoms with Crippen LogP contribution < -0.4 is 0 Å². The SMILES string of the molecule is CC(C)c1nc2ccc(F)cn2c1N=Nc1ccccc1F. The topological polar surface area (TPSA) is 42.0 Å². The predicted octanol–water partition coefficient (Wildman–Crippen LogP) is 5.15.